The Balaban J connectivity index is 1.96. The molecular weight excluding hydrogens is 218 g/mol. The van der Waals surface area contributed by atoms with E-state index in [0.29, 0.717) is 16.9 Å². The Morgan fingerprint density at radius 2 is 2.20 bits per heavy atom. The first kappa shape index (κ1) is 10.1. The normalized spacial score (nSPS) is 10.8. The molecule has 80 valence electrons. The van der Waals surface area contributed by atoms with Gasteiger partial charge in [-0.1, -0.05) is 22.1 Å². The van der Waals surface area contributed by atoms with Crippen molar-refractivity contribution in [1.82, 2.24) is 20.5 Å². The zero-order valence-corrected chi connectivity index (χ0v) is 8.82. The van der Waals surface area contributed by atoms with Crippen LogP contribution in [0.3, 0.4) is 0 Å². The van der Waals surface area contributed by atoms with Crippen LogP contribution >= 0.6 is 11.8 Å². The van der Waals surface area contributed by atoms with Gasteiger partial charge in [0.1, 0.15) is 11.4 Å². The highest BCUT2D eigenvalue weighted by molar-refractivity contribution is 7.98. The Morgan fingerprint density at radius 3 is 2.80 bits per heavy atom. The van der Waals surface area contributed by atoms with Crippen molar-refractivity contribution in [2.24, 2.45) is 5.73 Å². The Bertz CT molecular complexity index is 440. The fraction of sp³-hybridized carbons (Fsp3) is 0.429. The van der Waals surface area contributed by atoms with E-state index in [0.717, 1.165) is 11.4 Å². The molecule has 2 aromatic rings. The van der Waals surface area contributed by atoms with Gasteiger partial charge in [-0.05, 0) is 6.92 Å². The van der Waals surface area contributed by atoms with Gasteiger partial charge < -0.3 is 10.2 Å². The van der Waals surface area contributed by atoms with Crippen molar-refractivity contribution in [3.05, 3.63) is 17.3 Å². The van der Waals surface area contributed by atoms with Crippen LogP contribution in [0.1, 0.15) is 17.3 Å². The summed E-state index contributed by atoms with van der Waals surface area (Å²) in [5.74, 6) is 1.01. The first-order valence-electron chi connectivity index (χ1n) is 4.23. The molecule has 0 aliphatic heterocycles. The third-order valence-corrected chi connectivity index (χ3v) is 2.53. The number of nitrogens with zero attached hydrogens (tertiary/aromatic N) is 4. The van der Waals surface area contributed by atoms with Gasteiger partial charge >= 0.3 is 0 Å². The first-order chi connectivity index (χ1) is 7.29. The maximum atomic E-state index is 5.34. The standard InChI is InChI=1S/C7H9N5O2S/c1-4-5(12-14-11-4)3-15-7-10-9-6(2-8)13-7/h2-3,8H2,1H3. The molecule has 0 aromatic carbocycles. The van der Waals surface area contributed by atoms with E-state index in [1.165, 1.54) is 11.8 Å². The van der Waals surface area contributed by atoms with Gasteiger partial charge in [-0.25, -0.2) is 4.63 Å². The van der Waals surface area contributed by atoms with Crippen LogP contribution in [0.25, 0.3) is 0 Å². The van der Waals surface area contributed by atoms with Gasteiger partial charge in [0.15, 0.2) is 0 Å². The Hall–Kier alpha value is -1.41. The van der Waals surface area contributed by atoms with Crippen LogP contribution < -0.4 is 5.73 Å². The summed E-state index contributed by atoms with van der Waals surface area (Å²) in [6.07, 6.45) is 0. The highest BCUT2D eigenvalue weighted by Gasteiger charge is 2.09. The third-order valence-electron chi connectivity index (χ3n) is 1.70. The van der Waals surface area contributed by atoms with Crippen molar-refractivity contribution in [1.29, 1.82) is 0 Å². The molecule has 0 atom stereocenters. The zero-order valence-electron chi connectivity index (χ0n) is 8.01. The smallest absolute Gasteiger partial charge is 0.277 e. The van der Waals surface area contributed by atoms with Gasteiger partial charge in [-0.2, -0.15) is 0 Å². The number of aryl methyl sites for hydroxylation is 1. The molecule has 15 heavy (non-hydrogen) atoms. The van der Waals surface area contributed by atoms with Gasteiger partial charge in [0.2, 0.25) is 5.89 Å². The van der Waals surface area contributed by atoms with E-state index in [9.17, 15) is 0 Å². The van der Waals surface area contributed by atoms with Crippen molar-refractivity contribution in [2.45, 2.75) is 24.4 Å². The van der Waals surface area contributed by atoms with E-state index in [4.69, 9.17) is 10.2 Å². The maximum absolute atomic E-state index is 5.34. The van der Waals surface area contributed by atoms with Crippen LogP contribution in [0.4, 0.5) is 0 Å². The summed E-state index contributed by atoms with van der Waals surface area (Å²) in [5.41, 5.74) is 6.87. The summed E-state index contributed by atoms with van der Waals surface area (Å²) in [7, 11) is 0. The third kappa shape index (κ3) is 2.34. The van der Waals surface area contributed by atoms with Gasteiger partial charge in [0.05, 0.1) is 12.3 Å². The van der Waals surface area contributed by atoms with Crippen molar-refractivity contribution < 1.29 is 9.05 Å². The van der Waals surface area contributed by atoms with Crippen molar-refractivity contribution in [2.75, 3.05) is 0 Å². The molecule has 0 saturated carbocycles. The van der Waals surface area contributed by atoms with Gasteiger partial charge in [0, 0.05) is 0 Å². The number of thioether (sulfide) groups is 1. The van der Waals surface area contributed by atoms with Crippen LogP contribution in [0.15, 0.2) is 14.3 Å². The van der Waals surface area contributed by atoms with Crippen LogP contribution in [-0.2, 0) is 12.3 Å². The second-order valence-electron chi connectivity index (χ2n) is 2.75. The monoisotopic (exact) mass is 227 g/mol. The van der Waals surface area contributed by atoms with Crippen LogP contribution in [0.5, 0.6) is 0 Å². The van der Waals surface area contributed by atoms with Crippen molar-refractivity contribution >= 4 is 11.8 Å². The minimum Gasteiger partial charge on any atom is -0.415 e. The number of hydrogen-bond donors (Lipinski definition) is 1. The van der Waals surface area contributed by atoms with Gasteiger partial charge in [-0.15, -0.1) is 10.2 Å². The average Bonchev–Trinajstić information content (AvgIpc) is 2.84. The molecule has 2 rings (SSSR count). The molecule has 0 unspecified atom stereocenters. The summed E-state index contributed by atoms with van der Waals surface area (Å²) in [6.45, 7) is 2.07. The molecule has 0 fully saturated rings. The molecule has 0 saturated heterocycles. The van der Waals surface area contributed by atoms with Crippen LogP contribution in [-0.4, -0.2) is 20.5 Å². The van der Waals surface area contributed by atoms with E-state index in [1.54, 1.807) is 0 Å². The SMILES string of the molecule is Cc1nonc1CSc1nnc(CN)o1. The molecule has 7 nitrogen and oxygen atoms in total. The molecule has 0 aliphatic carbocycles. The second-order valence-corrected chi connectivity index (χ2v) is 3.68. The number of hydrogen-bond acceptors (Lipinski definition) is 8. The second kappa shape index (κ2) is 4.41. The van der Waals surface area contributed by atoms with Gasteiger partial charge in [0.25, 0.3) is 5.22 Å². The molecule has 2 heterocycles. The van der Waals surface area contributed by atoms with Crippen molar-refractivity contribution in [3.63, 3.8) is 0 Å². The predicted octanol–water partition coefficient (Wildman–Crippen LogP) is 0.512. The number of aromatic nitrogens is 4. The van der Waals surface area contributed by atoms with Gasteiger partial charge in [-0.3, -0.25) is 0 Å². The number of rotatable bonds is 4. The van der Waals surface area contributed by atoms with Crippen LogP contribution in [0.2, 0.25) is 0 Å². The topological polar surface area (TPSA) is 104 Å². The zero-order chi connectivity index (χ0) is 10.7. The minimum absolute atomic E-state index is 0.248. The quantitative estimate of drug-likeness (QED) is 0.753. The fourth-order valence-corrected chi connectivity index (χ4v) is 1.67. The molecule has 0 aliphatic rings. The largest absolute Gasteiger partial charge is 0.415 e. The molecular formula is C7H9N5O2S. The summed E-state index contributed by atoms with van der Waals surface area (Å²) < 4.78 is 9.77. The summed E-state index contributed by atoms with van der Waals surface area (Å²) >= 11 is 1.37. The molecule has 2 N–H and O–H groups in total. The lowest BCUT2D eigenvalue weighted by molar-refractivity contribution is 0.302. The Morgan fingerprint density at radius 1 is 1.33 bits per heavy atom. The lowest BCUT2D eigenvalue weighted by Crippen LogP contribution is -1.95. The first-order valence-corrected chi connectivity index (χ1v) is 5.21. The highest BCUT2D eigenvalue weighted by Crippen LogP contribution is 2.21. The lowest BCUT2D eigenvalue weighted by atomic mass is 10.4. The molecule has 0 radical (unpaired) electrons. The van der Waals surface area contributed by atoms with E-state index in [-0.39, 0.29) is 6.54 Å². The summed E-state index contributed by atoms with van der Waals surface area (Å²) in [4.78, 5) is 0. The maximum Gasteiger partial charge on any atom is 0.277 e. The van der Waals surface area contributed by atoms with E-state index in [2.05, 4.69) is 25.1 Å². The predicted molar refractivity (Wildman–Crippen MR) is 50.8 cm³/mol. The van der Waals surface area contributed by atoms with E-state index >= 15 is 0 Å². The fourth-order valence-electron chi connectivity index (χ4n) is 0.890. The molecule has 0 amide bonds. The number of nitrogens with two attached hydrogens (primary N) is 1. The Labute approximate surface area is 89.4 Å². The lowest BCUT2D eigenvalue weighted by Gasteiger charge is -1.91. The average molecular weight is 227 g/mol. The van der Waals surface area contributed by atoms with Crippen LogP contribution in [0, 0.1) is 6.92 Å². The summed E-state index contributed by atoms with van der Waals surface area (Å²) in [6, 6.07) is 0. The van der Waals surface area contributed by atoms with E-state index < -0.39 is 0 Å². The highest BCUT2D eigenvalue weighted by atomic mass is 32.2. The summed E-state index contributed by atoms with van der Waals surface area (Å²) in [5, 5.41) is 15.4. The van der Waals surface area contributed by atoms with E-state index in [1.807, 2.05) is 6.92 Å². The molecule has 2 aromatic heterocycles. The minimum atomic E-state index is 0.248. The molecule has 8 heteroatoms. The molecule has 0 spiro atoms. The van der Waals surface area contributed by atoms with Crippen molar-refractivity contribution in [3.8, 4) is 0 Å². The Kier molecular flexibility index (Phi) is 2.97. The molecule has 0 bridgehead atoms.